The fraction of sp³-hybridized carbons (Fsp3) is 0.500. The van der Waals surface area contributed by atoms with E-state index in [-0.39, 0.29) is 0 Å². The Balaban J connectivity index is 2.02. The molecular formula is C14H19N3. The first-order valence-electron chi connectivity index (χ1n) is 6.40. The molecule has 90 valence electrons. The molecule has 1 unspecified atom stereocenters. The number of imidazole rings is 1. The lowest BCUT2D eigenvalue weighted by atomic mass is 10.0. The molecule has 3 nitrogen and oxygen atoms in total. The number of aryl methyl sites for hydroxylation is 1. The molecule has 0 amide bonds. The maximum Gasteiger partial charge on any atom is 0.137 e. The minimum atomic E-state index is 0.503. The largest absolute Gasteiger partial charge is 0.304 e. The zero-order chi connectivity index (χ0) is 11.8. The van der Waals surface area contributed by atoms with E-state index in [1.54, 1.807) is 0 Å². The molecule has 1 saturated heterocycles. The average Bonchev–Trinajstić information content (AvgIpc) is 2.75. The lowest BCUT2D eigenvalue weighted by Crippen LogP contribution is -2.29. The SMILES string of the molecule is Cc1cccc2nc(C3CCCCN3C)cn12. The topological polar surface area (TPSA) is 20.5 Å². The number of nitrogens with zero attached hydrogens (tertiary/aromatic N) is 3. The second-order valence-electron chi connectivity index (χ2n) is 5.05. The average molecular weight is 229 g/mol. The number of fused-ring (bicyclic) bond motifs is 1. The van der Waals surface area contributed by atoms with E-state index < -0.39 is 0 Å². The van der Waals surface area contributed by atoms with Crippen LogP contribution in [0, 0.1) is 6.92 Å². The van der Waals surface area contributed by atoms with Gasteiger partial charge in [-0.2, -0.15) is 0 Å². The van der Waals surface area contributed by atoms with E-state index in [0.29, 0.717) is 6.04 Å². The lowest BCUT2D eigenvalue weighted by Gasteiger charge is -2.31. The van der Waals surface area contributed by atoms with Gasteiger partial charge in [0.1, 0.15) is 5.65 Å². The van der Waals surface area contributed by atoms with Gasteiger partial charge < -0.3 is 4.40 Å². The number of aromatic nitrogens is 2. The Bertz CT molecular complexity index is 529. The van der Waals surface area contributed by atoms with Gasteiger partial charge in [-0.15, -0.1) is 0 Å². The third-order valence-corrected chi connectivity index (χ3v) is 3.83. The first kappa shape index (κ1) is 10.8. The van der Waals surface area contributed by atoms with Gasteiger partial charge >= 0.3 is 0 Å². The van der Waals surface area contributed by atoms with Crippen molar-refractivity contribution in [2.45, 2.75) is 32.2 Å². The van der Waals surface area contributed by atoms with Gasteiger partial charge in [0, 0.05) is 11.9 Å². The predicted molar refractivity (Wildman–Crippen MR) is 69.2 cm³/mol. The molecule has 1 atom stereocenters. The summed E-state index contributed by atoms with van der Waals surface area (Å²) in [6, 6.07) is 6.79. The van der Waals surface area contributed by atoms with Crippen LogP contribution in [0.4, 0.5) is 0 Å². The Morgan fingerprint density at radius 3 is 2.94 bits per heavy atom. The van der Waals surface area contributed by atoms with E-state index >= 15 is 0 Å². The molecule has 1 aliphatic heterocycles. The molecular weight excluding hydrogens is 210 g/mol. The van der Waals surface area contributed by atoms with Crippen molar-refractivity contribution in [3.8, 4) is 0 Å². The van der Waals surface area contributed by atoms with Crippen LogP contribution in [0.15, 0.2) is 24.4 Å². The summed E-state index contributed by atoms with van der Waals surface area (Å²) >= 11 is 0. The molecule has 0 aliphatic carbocycles. The van der Waals surface area contributed by atoms with E-state index in [0.717, 1.165) is 5.65 Å². The number of rotatable bonds is 1. The molecule has 3 heterocycles. The lowest BCUT2D eigenvalue weighted by molar-refractivity contribution is 0.184. The zero-order valence-electron chi connectivity index (χ0n) is 10.6. The highest BCUT2D eigenvalue weighted by molar-refractivity contribution is 5.42. The molecule has 3 heteroatoms. The standard InChI is InChI=1S/C14H19N3/c1-11-6-5-8-14-15-12(10-17(11)14)13-7-3-4-9-16(13)2/h5-6,8,10,13H,3-4,7,9H2,1-2H3. The monoisotopic (exact) mass is 229 g/mol. The van der Waals surface area contributed by atoms with Crippen LogP contribution in [0.5, 0.6) is 0 Å². The van der Waals surface area contributed by atoms with Crippen LogP contribution in [-0.2, 0) is 0 Å². The Kier molecular flexibility index (Phi) is 2.63. The molecule has 0 aromatic carbocycles. The van der Waals surface area contributed by atoms with Gasteiger partial charge in [0.15, 0.2) is 0 Å². The fourth-order valence-corrected chi connectivity index (χ4v) is 2.78. The Hall–Kier alpha value is -1.35. The van der Waals surface area contributed by atoms with Crippen molar-refractivity contribution in [1.29, 1.82) is 0 Å². The van der Waals surface area contributed by atoms with E-state index in [9.17, 15) is 0 Å². The van der Waals surface area contributed by atoms with Crippen LogP contribution in [0.3, 0.4) is 0 Å². The van der Waals surface area contributed by atoms with Crippen molar-refractivity contribution < 1.29 is 0 Å². The first-order valence-corrected chi connectivity index (χ1v) is 6.40. The van der Waals surface area contributed by atoms with Crippen LogP contribution >= 0.6 is 0 Å². The van der Waals surface area contributed by atoms with Crippen molar-refractivity contribution in [2.75, 3.05) is 13.6 Å². The highest BCUT2D eigenvalue weighted by Crippen LogP contribution is 2.29. The summed E-state index contributed by atoms with van der Waals surface area (Å²) in [4.78, 5) is 7.20. The number of piperidine rings is 1. The molecule has 0 bridgehead atoms. The summed E-state index contributed by atoms with van der Waals surface area (Å²) in [5.41, 5.74) is 3.54. The van der Waals surface area contributed by atoms with Crippen molar-refractivity contribution in [3.63, 3.8) is 0 Å². The molecule has 0 radical (unpaired) electrons. The molecule has 0 N–H and O–H groups in total. The van der Waals surface area contributed by atoms with Gasteiger partial charge in [-0.25, -0.2) is 4.98 Å². The summed E-state index contributed by atoms with van der Waals surface area (Å²) in [6.45, 7) is 3.32. The normalized spacial score (nSPS) is 22.1. The Morgan fingerprint density at radius 2 is 2.18 bits per heavy atom. The molecule has 3 rings (SSSR count). The highest BCUT2D eigenvalue weighted by atomic mass is 15.2. The van der Waals surface area contributed by atoms with Gasteiger partial charge in [-0.05, 0) is 45.5 Å². The molecule has 0 spiro atoms. The van der Waals surface area contributed by atoms with Gasteiger partial charge in [0.25, 0.3) is 0 Å². The smallest absolute Gasteiger partial charge is 0.137 e. The van der Waals surface area contributed by atoms with Gasteiger partial charge in [-0.1, -0.05) is 12.5 Å². The van der Waals surface area contributed by atoms with Gasteiger partial charge in [0.2, 0.25) is 0 Å². The Morgan fingerprint density at radius 1 is 1.29 bits per heavy atom. The summed E-state index contributed by atoms with van der Waals surface area (Å²) in [5.74, 6) is 0. The molecule has 0 saturated carbocycles. The first-order chi connectivity index (χ1) is 8.25. The Labute approximate surface area is 102 Å². The third kappa shape index (κ3) is 1.84. The van der Waals surface area contributed by atoms with Crippen LogP contribution in [0.25, 0.3) is 5.65 Å². The highest BCUT2D eigenvalue weighted by Gasteiger charge is 2.22. The third-order valence-electron chi connectivity index (χ3n) is 3.83. The number of hydrogen-bond acceptors (Lipinski definition) is 2. The van der Waals surface area contributed by atoms with Crippen LogP contribution in [0.2, 0.25) is 0 Å². The van der Waals surface area contributed by atoms with Crippen molar-refractivity contribution >= 4 is 5.65 Å². The molecule has 2 aromatic rings. The number of pyridine rings is 1. The molecule has 2 aromatic heterocycles. The number of hydrogen-bond donors (Lipinski definition) is 0. The molecule has 1 fully saturated rings. The van der Waals surface area contributed by atoms with E-state index in [2.05, 4.69) is 47.7 Å². The maximum atomic E-state index is 4.77. The minimum absolute atomic E-state index is 0.503. The maximum absolute atomic E-state index is 4.77. The van der Waals surface area contributed by atoms with Crippen molar-refractivity contribution in [3.05, 3.63) is 35.8 Å². The van der Waals surface area contributed by atoms with E-state index in [1.165, 1.54) is 37.2 Å². The quantitative estimate of drug-likeness (QED) is 0.749. The van der Waals surface area contributed by atoms with Crippen LogP contribution < -0.4 is 0 Å². The molecule has 1 aliphatic rings. The summed E-state index contributed by atoms with van der Waals surface area (Å²) in [5, 5.41) is 0. The second kappa shape index (κ2) is 4.15. The van der Waals surface area contributed by atoms with Crippen LogP contribution in [-0.4, -0.2) is 27.9 Å². The van der Waals surface area contributed by atoms with Crippen molar-refractivity contribution in [1.82, 2.24) is 14.3 Å². The predicted octanol–water partition coefficient (Wildman–Crippen LogP) is 2.80. The van der Waals surface area contributed by atoms with Gasteiger partial charge in [-0.3, -0.25) is 4.90 Å². The summed E-state index contributed by atoms with van der Waals surface area (Å²) in [6.07, 6.45) is 6.08. The number of likely N-dealkylation sites (tertiary alicyclic amines) is 1. The van der Waals surface area contributed by atoms with Crippen LogP contribution in [0.1, 0.15) is 36.7 Å². The zero-order valence-corrected chi connectivity index (χ0v) is 10.6. The fourth-order valence-electron chi connectivity index (χ4n) is 2.78. The minimum Gasteiger partial charge on any atom is -0.304 e. The summed E-state index contributed by atoms with van der Waals surface area (Å²) < 4.78 is 2.19. The van der Waals surface area contributed by atoms with E-state index in [4.69, 9.17) is 4.98 Å². The van der Waals surface area contributed by atoms with Crippen molar-refractivity contribution in [2.24, 2.45) is 0 Å². The molecule has 17 heavy (non-hydrogen) atoms. The van der Waals surface area contributed by atoms with E-state index in [1.807, 2.05) is 0 Å². The second-order valence-corrected chi connectivity index (χ2v) is 5.05. The van der Waals surface area contributed by atoms with Gasteiger partial charge in [0.05, 0.1) is 11.7 Å². The summed E-state index contributed by atoms with van der Waals surface area (Å²) in [7, 11) is 2.21.